The molecule has 1 heterocycles. The van der Waals surface area contributed by atoms with Crippen molar-refractivity contribution in [2.75, 3.05) is 6.26 Å². The molecular weight excluding hydrogens is 432 g/mol. The van der Waals surface area contributed by atoms with Crippen molar-refractivity contribution in [2.45, 2.75) is 36.6 Å². The first-order valence-electron chi connectivity index (χ1n) is 10.1. The molecule has 4 rings (SSSR count). The van der Waals surface area contributed by atoms with E-state index in [1.165, 1.54) is 24.3 Å². The highest BCUT2D eigenvalue weighted by Crippen LogP contribution is 2.34. The number of fused-ring (bicyclic) bond motifs is 1. The van der Waals surface area contributed by atoms with Gasteiger partial charge >= 0.3 is 0 Å². The molecular formula is C22H22N4O5S. The Hall–Kier alpha value is -3.53. The molecule has 1 aliphatic rings. The van der Waals surface area contributed by atoms with E-state index in [-0.39, 0.29) is 34.9 Å². The molecule has 1 aliphatic carbocycles. The zero-order chi connectivity index (χ0) is 22.9. The van der Waals surface area contributed by atoms with Gasteiger partial charge in [-0.3, -0.25) is 29.8 Å². The molecule has 1 fully saturated rings. The number of nitrogens with one attached hydrogen (secondary N) is 2. The summed E-state index contributed by atoms with van der Waals surface area (Å²) in [6.45, 7) is 0. The van der Waals surface area contributed by atoms with Crippen LogP contribution in [-0.2, 0) is 21.1 Å². The number of benzene rings is 2. The Bertz CT molecular complexity index is 1360. The first-order valence-corrected chi connectivity index (χ1v) is 12.0. The second-order valence-electron chi connectivity index (χ2n) is 7.75. The number of aryl methyl sites for hydroxylation is 1. The van der Waals surface area contributed by atoms with E-state index < -0.39 is 21.7 Å². The van der Waals surface area contributed by atoms with E-state index in [1.807, 2.05) is 6.07 Å². The van der Waals surface area contributed by atoms with Gasteiger partial charge in [-0.15, -0.1) is 0 Å². The minimum absolute atomic E-state index is 0.0325. The molecule has 2 aromatic carbocycles. The largest absolute Gasteiger partial charge is 0.293 e. The van der Waals surface area contributed by atoms with Gasteiger partial charge in [-0.25, -0.2) is 13.4 Å². The lowest BCUT2D eigenvalue weighted by Crippen LogP contribution is -2.41. The molecule has 0 aliphatic heterocycles. The normalized spacial score (nSPS) is 13.7. The Labute approximate surface area is 184 Å². The fraction of sp³-hybridized carbons (Fsp3) is 0.273. The maximum absolute atomic E-state index is 12.9. The minimum Gasteiger partial charge on any atom is -0.293 e. The van der Waals surface area contributed by atoms with Crippen molar-refractivity contribution in [2.24, 2.45) is 0 Å². The Kier molecular flexibility index (Phi) is 5.79. The Morgan fingerprint density at radius 3 is 2.41 bits per heavy atom. The molecule has 32 heavy (non-hydrogen) atoms. The monoisotopic (exact) mass is 454 g/mol. The van der Waals surface area contributed by atoms with Gasteiger partial charge in [0.25, 0.3) is 11.5 Å². The fourth-order valence-electron chi connectivity index (χ4n) is 3.42. The van der Waals surface area contributed by atoms with Crippen LogP contribution >= 0.6 is 0 Å². The van der Waals surface area contributed by atoms with Crippen molar-refractivity contribution >= 4 is 32.6 Å². The summed E-state index contributed by atoms with van der Waals surface area (Å²) < 4.78 is 24.7. The van der Waals surface area contributed by atoms with Gasteiger partial charge in [0, 0.05) is 30.7 Å². The number of para-hydroxylation sites is 1. The summed E-state index contributed by atoms with van der Waals surface area (Å²) in [5.41, 5.74) is 5.35. The highest BCUT2D eigenvalue weighted by Gasteiger charge is 2.28. The smallest absolute Gasteiger partial charge is 0.269 e. The topological polar surface area (TPSA) is 127 Å². The number of hydrogen-bond donors (Lipinski definition) is 2. The summed E-state index contributed by atoms with van der Waals surface area (Å²) >= 11 is 0. The first kappa shape index (κ1) is 21.7. The van der Waals surface area contributed by atoms with Crippen LogP contribution in [0.2, 0.25) is 0 Å². The lowest BCUT2D eigenvalue weighted by molar-refractivity contribution is -0.121. The lowest BCUT2D eigenvalue weighted by Gasteiger charge is -2.13. The molecule has 10 heteroatoms. The molecule has 166 valence electrons. The number of carbonyl (C=O) groups excluding carboxylic acids is 2. The second-order valence-corrected chi connectivity index (χ2v) is 9.77. The fourth-order valence-corrected chi connectivity index (χ4v) is 4.05. The maximum atomic E-state index is 12.9. The quantitative estimate of drug-likeness (QED) is 0.544. The molecule has 0 atom stereocenters. The van der Waals surface area contributed by atoms with Crippen molar-refractivity contribution in [3.63, 3.8) is 0 Å². The maximum Gasteiger partial charge on any atom is 0.269 e. The van der Waals surface area contributed by atoms with E-state index in [2.05, 4.69) is 15.8 Å². The van der Waals surface area contributed by atoms with Gasteiger partial charge in [-0.2, -0.15) is 0 Å². The van der Waals surface area contributed by atoms with Crippen LogP contribution in [0.5, 0.6) is 0 Å². The van der Waals surface area contributed by atoms with Crippen molar-refractivity contribution < 1.29 is 18.0 Å². The van der Waals surface area contributed by atoms with Crippen LogP contribution in [0.3, 0.4) is 0 Å². The van der Waals surface area contributed by atoms with Crippen LogP contribution in [0.4, 0.5) is 0 Å². The highest BCUT2D eigenvalue weighted by atomic mass is 32.2. The number of aromatic nitrogens is 2. The van der Waals surface area contributed by atoms with Crippen LogP contribution in [0.15, 0.2) is 58.2 Å². The van der Waals surface area contributed by atoms with Crippen LogP contribution < -0.4 is 16.4 Å². The Balaban J connectivity index is 1.39. The number of sulfone groups is 1. The molecule has 0 bridgehead atoms. The number of hydrazine groups is 1. The zero-order valence-corrected chi connectivity index (χ0v) is 18.2. The van der Waals surface area contributed by atoms with E-state index in [4.69, 9.17) is 0 Å². The number of nitrogens with zero attached hydrogens (tertiary/aromatic N) is 2. The third-order valence-electron chi connectivity index (χ3n) is 5.23. The average Bonchev–Trinajstić information content (AvgIpc) is 3.60. The molecule has 2 N–H and O–H groups in total. The van der Waals surface area contributed by atoms with Crippen LogP contribution in [-0.4, -0.2) is 36.0 Å². The van der Waals surface area contributed by atoms with Gasteiger partial charge in [-0.05, 0) is 49.2 Å². The third-order valence-corrected chi connectivity index (χ3v) is 6.36. The number of carbonyl (C=O) groups is 2. The highest BCUT2D eigenvalue weighted by molar-refractivity contribution is 7.90. The lowest BCUT2D eigenvalue weighted by atomic mass is 10.2. The van der Waals surface area contributed by atoms with Gasteiger partial charge in [0.15, 0.2) is 9.84 Å². The van der Waals surface area contributed by atoms with Gasteiger partial charge in [0.2, 0.25) is 5.91 Å². The standard InChI is InChI=1S/C22H22N4O5S/c1-32(30,31)16-10-6-14(7-11-16)21(28)25-24-20(27)13-12-19-23-18-5-3-2-4-17(18)22(29)26(19)15-8-9-15/h2-7,10-11,15H,8-9,12-13H2,1H3,(H,24,27)(H,25,28). The summed E-state index contributed by atoms with van der Waals surface area (Å²) in [4.78, 5) is 42.0. The predicted octanol–water partition coefficient (Wildman–Crippen LogP) is 1.53. The van der Waals surface area contributed by atoms with E-state index in [0.29, 0.717) is 16.7 Å². The van der Waals surface area contributed by atoms with Gasteiger partial charge in [0.05, 0.1) is 15.8 Å². The van der Waals surface area contributed by atoms with Crippen LogP contribution in [0.1, 0.15) is 41.5 Å². The van der Waals surface area contributed by atoms with Crippen molar-refractivity contribution in [3.8, 4) is 0 Å². The molecule has 0 radical (unpaired) electrons. The zero-order valence-electron chi connectivity index (χ0n) is 17.4. The summed E-state index contributed by atoms with van der Waals surface area (Å²) in [6, 6.07) is 12.6. The third kappa shape index (κ3) is 4.70. The summed E-state index contributed by atoms with van der Waals surface area (Å²) in [5, 5.41) is 0.557. The molecule has 3 aromatic rings. The molecule has 0 spiro atoms. The SMILES string of the molecule is CS(=O)(=O)c1ccc(C(=O)NNC(=O)CCc2nc3ccccc3c(=O)n2C2CC2)cc1. The van der Waals surface area contributed by atoms with E-state index in [0.717, 1.165) is 19.1 Å². The predicted molar refractivity (Wildman–Crippen MR) is 118 cm³/mol. The molecule has 2 amide bonds. The van der Waals surface area contributed by atoms with Gasteiger partial charge < -0.3 is 0 Å². The molecule has 1 saturated carbocycles. The molecule has 0 saturated heterocycles. The number of rotatable bonds is 6. The second kappa shape index (κ2) is 8.54. The summed E-state index contributed by atoms with van der Waals surface area (Å²) in [6.07, 6.45) is 3.18. The summed E-state index contributed by atoms with van der Waals surface area (Å²) in [7, 11) is -3.36. The number of hydrogen-bond acceptors (Lipinski definition) is 6. The Morgan fingerprint density at radius 1 is 1.06 bits per heavy atom. The van der Waals surface area contributed by atoms with Crippen molar-refractivity contribution in [1.29, 1.82) is 0 Å². The minimum atomic E-state index is -3.36. The van der Waals surface area contributed by atoms with Crippen molar-refractivity contribution in [3.05, 3.63) is 70.3 Å². The van der Waals surface area contributed by atoms with E-state index in [1.54, 1.807) is 22.8 Å². The van der Waals surface area contributed by atoms with E-state index >= 15 is 0 Å². The van der Waals surface area contributed by atoms with Crippen molar-refractivity contribution in [1.82, 2.24) is 20.4 Å². The van der Waals surface area contributed by atoms with Gasteiger partial charge in [-0.1, -0.05) is 12.1 Å². The van der Waals surface area contributed by atoms with Crippen LogP contribution in [0.25, 0.3) is 10.9 Å². The number of amides is 2. The molecule has 0 unspecified atom stereocenters. The first-order chi connectivity index (χ1) is 15.2. The summed E-state index contributed by atoms with van der Waals surface area (Å²) in [5.74, 6) is -0.456. The molecule has 1 aromatic heterocycles. The molecule has 9 nitrogen and oxygen atoms in total. The Morgan fingerprint density at radius 2 is 1.75 bits per heavy atom. The average molecular weight is 455 g/mol. The van der Waals surface area contributed by atoms with Crippen LogP contribution in [0, 0.1) is 0 Å². The van der Waals surface area contributed by atoms with Gasteiger partial charge in [0.1, 0.15) is 5.82 Å². The van der Waals surface area contributed by atoms with E-state index in [9.17, 15) is 22.8 Å².